The predicted molar refractivity (Wildman–Crippen MR) is 113 cm³/mol. The predicted octanol–water partition coefficient (Wildman–Crippen LogP) is 5.36. The average Bonchev–Trinajstić information content (AvgIpc) is 3.19. The molecule has 2 aromatic carbocycles. The first kappa shape index (κ1) is 17.7. The maximum Gasteiger partial charge on any atom is 0.255 e. The van der Waals surface area contributed by atoms with Gasteiger partial charge in [-0.3, -0.25) is 4.79 Å². The quantitative estimate of drug-likeness (QED) is 0.665. The minimum atomic E-state index is -0.0856. The van der Waals surface area contributed by atoms with E-state index in [1.165, 1.54) is 19.3 Å². The molecular weight excluding hydrogens is 354 g/mol. The molecule has 0 saturated carbocycles. The summed E-state index contributed by atoms with van der Waals surface area (Å²) in [4.78, 5) is 19.8. The lowest BCUT2D eigenvalue weighted by Crippen LogP contribution is -2.29. The molecule has 138 valence electrons. The number of nitrogens with zero attached hydrogens (tertiary/aromatic N) is 2. The van der Waals surface area contributed by atoms with Crippen molar-refractivity contribution in [2.75, 3.05) is 23.3 Å². The molecule has 27 heavy (non-hydrogen) atoms. The second-order valence-electron chi connectivity index (χ2n) is 6.91. The fourth-order valence-electron chi connectivity index (χ4n) is 3.41. The number of anilines is 2. The van der Waals surface area contributed by atoms with Gasteiger partial charge in [0.25, 0.3) is 5.91 Å². The van der Waals surface area contributed by atoms with Gasteiger partial charge < -0.3 is 10.2 Å². The second-order valence-corrected chi connectivity index (χ2v) is 7.75. The Labute approximate surface area is 163 Å². The van der Waals surface area contributed by atoms with Crippen molar-refractivity contribution in [2.24, 2.45) is 0 Å². The molecule has 0 bridgehead atoms. The first-order valence-electron chi connectivity index (χ1n) is 9.38. The zero-order valence-electron chi connectivity index (χ0n) is 15.4. The lowest BCUT2D eigenvalue weighted by molar-refractivity contribution is 0.102. The Hall–Kier alpha value is -2.66. The molecule has 1 saturated heterocycles. The number of hydrogen-bond acceptors (Lipinski definition) is 4. The van der Waals surface area contributed by atoms with Gasteiger partial charge in [0.2, 0.25) is 0 Å². The monoisotopic (exact) mass is 377 g/mol. The van der Waals surface area contributed by atoms with Crippen LogP contribution in [0.5, 0.6) is 0 Å². The van der Waals surface area contributed by atoms with Crippen LogP contribution >= 0.6 is 11.3 Å². The third-order valence-electron chi connectivity index (χ3n) is 4.92. The number of aryl methyl sites for hydroxylation is 1. The Balaban J connectivity index is 1.52. The second kappa shape index (κ2) is 7.92. The summed E-state index contributed by atoms with van der Waals surface area (Å²) in [5.74, 6) is -0.0856. The number of benzene rings is 2. The van der Waals surface area contributed by atoms with E-state index in [4.69, 9.17) is 4.98 Å². The molecule has 4 rings (SSSR count). The number of aromatic nitrogens is 1. The highest BCUT2D eigenvalue weighted by molar-refractivity contribution is 7.14. The summed E-state index contributed by atoms with van der Waals surface area (Å²) < 4.78 is 0. The zero-order valence-corrected chi connectivity index (χ0v) is 16.3. The largest absolute Gasteiger partial charge is 0.348 e. The molecule has 1 amide bonds. The van der Waals surface area contributed by atoms with Gasteiger partial charge in [0.05, 0.1) is 5.69 Å². The molecule has 1 fully saturated rings. The third kappa shape index (κ3) is 4.03. The Morgan fingerprint density at radius 3 is 2.70 bits per heavy atom. The SMILES string of the molecule is Cc1ccccc1C(=O)Nc1cccc(-c2csc(N3CCCCC3)n2)c1. The van der Waals surface area contributed by atoms with Crippen molar-refractivity contribution in [3.8, 4) is 11.3 Å². The summed E-state index contributed by atoms with van der Waals surface area (Å²) in [6.45, 7) is 4.14. The Morgan fingerprint density at radius 2 is 1.89 bits per heavy atom. The highest BCUT2D eigenvalue weighted by Gasteiger charge is 2.15. The number of carbonyl (C=O) groups excluding carboxylic acids is 1. The molecule has 0 atom stereocenters. The van der Waals surface area contributed by atoms with Crippen LogP contribution in [0.25, 0.3) is 11.3 Å². The molecule has 3 aromatic rings. The minimum Gasteiger partial charge on any atom is -0.348 e. The normalized spacial score (nSPS) is 14.2. The molecule has 0 radical (unpaired) electrons. The van der Waals surface area contributed by atoms with Crippen LogP contribution in [0.4, 0.5) is 10.8 Å². The van der Waals surface area contributed by atoms with Crippen LogP contribution in [0, 0.1) is 6.92 Å². The van der Waals surface area contributed by atoms with Gasteiger partial charge in [-0.15, -0.1) is 11.3 Å². The van der Waals surface area contributed by atoms with Crippen LogP contribution in [0.3, 0.4) is 0 Å². The number of carbonyl (C=O) groups is 1. The van der Waals surface area contributed by atoms with Crippen LogP contribution in [-0.4, -0.2) is 24.0 Å². The molecule has 1 N–H and O–H groups in total. The van der Waals surface area contributed by atoms with E-state index >= 15 is 0 Å². The standard InChI is InChI=1S/C22H23N3OS/c1-16-8-3-4-11-19(16)21(26)23-18-10-7-9-17(14-18)20-15-27-22(24-20)25-12-5-2-6-13-25/h3-4,7-11,14-15H,2,5-6,12-13H2,1H3,(H,23,26). The smallest absolute Gasteiger partial charge is 0.255 e. The minimum absolute atomic E-state index is 0.0856. The van der Waals surface area contributed by atoms with Gasteiger partial charge in [-0.25, -0.2) is 4.98 Å². The van der Waals surface area contributed by atoms with Gasteiger partial charge in [0, 0.05) is 35.3 Å². The van der Waals surface area contributed by atoms with E-state index in [0.29, 0.717) is 5.56 Å². The van der Waals surface area contributed by atoms with Gasteiger partial charge in [-0.2, -0.15) is 0 Å². The molecule has 0 unspecified atom stereocenters. The summed E-state index contributed by atoms with van der Waals surface area (Å²) >= 11 is 1.70. The van der Waals surface area contributed by atoms with Crippen molar-refractivity contribution in [1.82, 2.24) is 4.98 Å². The summed E-state index contributed by atoms with van der Waals surface area (Å²) in [6.07, 6.45) is 3.81. The Morgan fingerprint density at radius 1 is 1.07 bits per heavy atom. The highest BCUT2D eigenvalue weighted by Crippen LogP contribution is 2.30. The van der Waals surface area contributed by atoms with Crippen LogP contribution in [0.1, 0.15) is 35.2 Å². The van der Waals surface area contributed by atoms with E-state index in [0.717, 1.165) is 40.7 Å². The lowest BCUT2D eigenvalue weighted by Gasteiger charge is -2.25. The highest BCUT2D eigenvalue weighted by atomic mass is 32.1. The van der Waals surface area contributed by atoms with Crippen molar-refractivity contribution in [1.29, 1.82) is 0 Å². The first-order valence-corrected chi connectivity index (χ1v) is 10.3. The molecule has 1 aromatic heterocycles. The number of hydrogen-bond donors (Lipinski definition) is 1. The number of thiazole rings is 1. The van der Waals surface area contributed by atoms with Crippen molar-refractivity contribution < 1.29 is 4.79 Å². The molecule has 4 nitrogen and oxygen atoms in total. The van der Waals surface area contributed by atoms with Gasteiger partial charge in [-0.05, 0) is 49.9 Å². The van der Waals surface area contributed by atoms with Gasteiger partial charge in [-0.1, -0.05) is 30.3 Å². The fourth-order valence-corrected chi connectivity index (χ4v) is 4.30. The van der Waals surface area contributed by atoms with E-state index in [9.17, 15) is 4.79 Å². The van der Waals surface area contributed by atoms with Gasteiger partial charge >= 0.3 is 0 Å². The van der Waals surface area contributed by atoms with Gasteiger partial charge in [0.1, 0.15) is 0 Å². The zero-order chi connectivity index (χ0) is 18.6. The molecule has 0 spiro atoms. The van der Waals surface area contributed by atoms with E-state index < -0.39 is 0 Å². The maximum absolute atomic E-state index is 12.6. The van der Waals surface area contributed by atoms with Crippen molar-refractivity contribution in [3.05, 3.63) is 65.0 Å². The number of amides is 1. The number of piperidine rings is 1. The van der Waals surface area contributed by atoms with Crippen LogP contribution in [0.15, 0.2) is 53.9 Å². The van der Waals surface area contributed by atoms with Crippen molar-refractivity contribution in [3.63, 3.8) is 0 Å². The molecular formula is C22H23N3OS. The number of nitrogens with one attached hydrogen (secondary N) is 1. The molecule has 5 heteroatoms. The maximum atomic E-state index is 12.6. The fraction of sp³-hybridized carbons (Fsp3) is 0.273. The lowest BCUT2D eigenvalue weighted by atomic mass is 10.1. The van der Waals surface area contributed by atoms with E-state index in [1.807, 2.05) is 55.5 Å². The van der Waals surface area contributed by atoms with Gasteiger partial charge in [0.15, 0.2) is 5.13 Å². The van der Waals surface area contributed by atoms with Crippen molar-refractivity contribution >= 4 is 28.1 Å². The molecule has 1 aliphatic heterocycles. The van der Waals surface area contributed by atoms with Crippen molar-refractivity contribution in [2.45, 2.75) is 26.2 Å². The summed E-state index contributed by atoms with van der Waals surface area (Å²) in [5.41, 5.74) is 4.44. The molecule has 0 aliphatic carbocycles. The topological polar surface area (TPSA) is 45.2 Å². The molecule has 1 aliphatic rings. The first-order chi connectivity index (χ1) is 13.2. The Kier molecular flexibility index (Phi) is 5.21. The summed E-state index contributed by atoms with van der Waals surface area (Å²) in [7, 11) is 0. The summed E-state index contributed by atoms with van der Waals surface area (Å²) in [6, 6.07) is 15.5. The average molecular weight is 378 g/mol. The molecule has 2 heterocycles. The Bertz CT molecular complexity index is 944. The van der Waals surface area contributed by atoms with Crippen LogP contribution < -0.4 is 10.2 Å². The third-order valence-corrected chi connectivity index (χ3v) is 5.83. The van der Waals surface area contributed by atoms with E-state index in [1.54, 1.807) is 11.3 Å². The van der Waals surface area contributed by atoms with Crippen LogP contribution in [-0.2, 0) is 0 Å². The van der Waals surface area contributed by atoms with E-state index in [2.05, 4.69) is 15.6 Å². The summed E-state index contributed by atoms with van der Waals surface area (Å²) in [5, 5.41) is 6.21. The van der Waals surface area contributed by atoms with E-state index in [-0.39, 0.29) is 5.91 Å². The van der Waals surface area contributed by atoms with Crippen LogP contribution in [0.2, 0.25) is 0 Å². The number of rotatable bonds is 4.